The molecule has 3 aromatic heterocycles. The zero-order valence-corrected chi connectivity index (χ0v) is 36.7. The molecular weight excluding hydrogens is 908 g/mol. The van der Waals surface area contributed by atoms with Crippen molar-refractivity contribution in [3.63, 3.8) is 0 Å². The number of carbonyl (C=O) groups excluding carboxylic acids is 1. The Morgan fingerprint density at radius 3 is 1.86 bits per heavy atom. The minimum absolute atomic E-state index is 0.0277. The molecule has 3 unspecified atom stereocenters. The van der Waals surface area contributed by atoms with E-state index in [0.29, 0.717) is 68.2 Å². The lowest BCUT2D eigenvalue weighted by molar-refractivity contribution is -0.137. The molecule has 4 rings (SSSR count). The lowest BCUT2D eigenvalue weighted by atomic mass is 10.1. The summed E-state index contributed by atoms with van der Waals surface area (Å²) in [5.74, 6) is -1.60. The van der Waals surface area contributed by atoms with Crippen molar-refractivity contribution in [3.8, 4) is 0 Å². The smallest absolute Gasteiger partial charge is 0.338 e. The Balaban J connectivity index is 1.48. The molecular formula is C37H48IN6O10P3. The van der Waals surface area contributed by atoms with Gasteiger partial charge in [-0.25, -0.2) is 19.7 Å². The number of benzene rings is 1. The number of nitrogens with zero attached hydrogens (tertiary/aromatic N) is 4. The zero-order chi connectivity index (χ0) is 41.8. The van der Waals surface area contributed by atoms with Crippen LogP contribution in [0.5, 0.6) is 0 Å². The van der Waals surface area contributed by atoms with E-state index >= 15 is 0 Å². The molecule has 6 N–H and O–H groups in total. The van der Waals surface area contributed by atoms with E-state index in [2.05, 4.69) is 53.1 Å². The number of esters is 1. The predicted molar refractivity (Wildman–Crippen MR) is 226 cm³/mol. The molecule has 0 saturated heterocycles. The first-order valence-electron chi connectivity index (χ1n) is 17.9. The van der Waals surface area contributed by atoms with Crippen molar-refractivity contribution >= 4 is 72.9 Å². The van der Waals surface area contributed by atoms with Gasteiger partial charge in [0.2, 0.25) is 22.1 Å². The van der Waals surface area contributed by atoms with E-state index in [4.69, 9.17) is 9.84 Å². The Morgan fingerprint density at radius 1 is 0.737 bits per heavy atom. The number of ether oxygens (including phenoxy) is 1. The van der Waals surface area contributed by atoms with Gasteiger partial charge in [-0.3, -0.25) is 23.4 Å². The number of pyridine rings is 3. The predicted octanol–water partition coefficient (Wildman–Crippen LogP) is 3.20. The quantitative estimate of drug-likeness (QED) is 0.0287. The molecule has 16 nitrogen and oxygen atoms in total. The van der Waals surface area contributed by atoms with E-state index in [0.717, 1.165) is 15.8 Å². The van der Waals surface area contributed by atoms with Crippen molar-refractivity contribution in [1.29, 1.82) is 0 Å². The highest BCUT2D eigenvalue weighted by molar-refractivity contribution is 14.1. The van der Waals surface area contributed by atoms with Crippen molar-refractivity contribution in [1.82, 2.24) is 30.5 Å². The van der Waals surface area contributed by atoms with E-state index in [1.54, 1.807) is 12.1 Å². The number of aryl methyl sites for hydroxylation is 1. The van der Waals surface area contributed by atoms with Crippen LogP contribution < -0.4 is 26.9 Å². The van der Waals surface area contributed by atoms with E-state index in [9.17, 15) is 38.0 Å². The highest BCUT2D eigenvalue weighted by Crippen LogP contribution is 2.35. The first-order valence-corrected chi connectivity index (χ1v) is 25.3. The van der Waals surface area contributed by atoms with Crippen LogP contribution >= 0.6 is 44.7 Å². The SMILES string of the molecule is CP(=O)(O)c1cc(I)cc(CNCCN(CCNCc2cc(C(=O)OCc3ccccc3)cc(P(C)(=O)O)n2)Cc2cc(CCCC(=O)O)cc(P(C)(=O)O)n2)n1. The van der Waals surface area contributed by atoms with E-state index in [1.807, 2.05) is 36.4 Å². The molecule has 4 aromatic rings. The van der Waals surface area contributed by atoms with Gasteiger partial charge in [-0.15, -0.1) is 0 Å². The van der Waals surface area contributed by atoms with Crippen LogP contribution in [-0.2, 0) is 55.9 Å². The Morgan fingerprint density at radius 2 is 1.28 bits per heavy atom. The van der Waals surface area contributed by atoms with Gasteiger partial charge in [-0.05, 0) is 83.0 Å². The average molecular weight is 957 g/mol. The van der Waals surface area contributed by atoms with E-state index in [1.165, 1.54) is 31.5 Å². The summed E-state index contributed by atoms with van der Waals surface area (Å²) in [4.78, 5) is 70.1. The number of rotatable bonds is 22. The van der Waals surface area contributed by atoms with Crippen molar-refractivity contribution in [2.45, 2.75) is 45.5 Å². The number of carbonyl (C=O) groups is 2. The number of aliphatic carboxylic acids is 1. The second-order valence-corrected chi connectivity index (χ2v) is 21.6. The maximum Gasteiger partial charge on any atom is 0.338 e. The Hall–Kier alpha value is -3.21. The van der Waals surface area contributed by atoms with Crippen molar-refractivity contribution in [3.05, 3.63) is 104 Å². The van der Waals surface area contributed by atoms with Gasteiger partial charge in [-0.2, -0.15) is 0 Å². The van der Waals surface area contributed by atoms with Gasteiger partial charge < -0.3 is 35.2 Å². The molecule has 57 heavy (non-hydrogen) atoms. The van der Waals surface area contributed by atoms with Crippen LogP contribution in [0, 0.1) is 3.57 Å². The van der Waals surface area contributed by atoms with Crippen molar-refractivity contribution in [2.24, 2.45) is 0 Å². The second kappa shape index (κ2) is 21.2. The summed E-state index contributed by atoms with van der Waals surface area (Å²) in [6.07, 6.45) is 0.679. The number of hydrogen-bond acceptors (Lipinski definition) is 12. The maximum absolute atomic E-state index is 13.0. The zero-order valence-electron chi connectivity index (χ0n) is 31.9. The normalized spacial score (nSPS) is 14.7. The van der Waals surface area contributed by atoms with Crippen molar-refractivity contribution in [2.75, 3.05) is 46.2 Å². The molecule has 0 amide bonds. The van der Waals surface area contributed by atoms with Crippen LogP contribution in [0.2, 0.25) is 0 Å². The summed E-state index contributed by atoms with van der Waals surface area (Å²) in [6, 6.07) is 18.6. The lowest BCUT2D eigenvalue weighted by Crippen LogP contribution is -2.37. The first-order chi connectivity index (χ1) is 26.8. The van der Waals surface area contributed by atoms with Crippen LogP contribution in [0.3, 0.4) is 0 Å². The number of carboxylic acids is 1. The minimum atomic E-state index is -3.83. The largest absolute Gasteiger partial charge is 0.481 e. The fraction of sp³-hybridized carbons (Fsp3) is 0.378. The molecule has 308 valence electrons. The van der Waals surface area contributed by atoms with Gasteiger partial charge in [-0.1, -0.05) is 30.3 Å². The molecule has 20 heteroatoms. The van der Waals surface area contributed by atoms with Crippen LogP contribution in [0.4, 0.5) is 0 Å². The molecule has 0 aliphatic carbocycles. The molecule has 0 bridgehead atoms. The molecule has 0 fully saturated rings. The Labute approximate surface area is 345 Å². The van der Waals surface area contributed by atoms with Gasteiger partial charge in [0.1, 0.15) is 22.9 Å². The van der Waals surface area contributed by atoms with E-state index in [-0.39, 0.29) is 48.0 Å². The number of hydrogen-bond donors (Lipinski definition) is 6. The molecule has 0 saturated carbocycles. The number of halogens is 1. The highest BCUT2D eigenvalue weighted by Gasteiger charge is 2.22. The van der Waals surface area contributed by atoms with Crippen LogP contribution in [0.15, 0.2) is 66.7 Å². The Bertz CT molecular complexity index is 2160. The molecule has 0 radical (unpaired) electrons. The van der Waals surface area contributed by atoms with Gasteiger partial charge >= 0.3 is 11.9 Å². The fourth-order valence-electron chi connectivity index (χ4n) is 5.56. The topological polar surface area (TPSA) is 241 Å². The fourth-order valence-corrected chi connectivity index (χ4v) is 8.56. The molecule has 0 aliphatic heterocycles. The molecule has 1 aromatic carbocycles. The summed E-state index contributed by atoms with van der Waals surface area (Å²) in [7, 11) is -11.1. The summed E-state index contributed by atoms with van der Waals surface area (Å²) in [5.41, 5.74) is 3.08. The minimum Gasteiger partial charge on any atom is -0.481 e. The van der Waals surface area contributed by atoms with Gasteiger partial charge in [0.05, 0.1) is 22.6 Å². The third-order valence-corrected chi connectivity index (χ3v) is 12.3. The van der Waals surface area contributed by atoms with Gasteiger partial charge in [0, 0.05) is 75.8 Å². The lowest BCUT2D eigenvalue weighted by Gasteiger charge is -2.23. The third-order valence-electron chi connectivity index (χ3n) is 8.41. The highest BCUT2D eigenvalue weighted by atomic mass is 127. The summed E-state index contributed by atoms with van der Waals surface area (Å²) in [5, 5.41) is 15.7. The molecule has 0 spiro atoms. The summed E-state index contributed by atoms with van der Waals surface area (Å²) in [6.45, 7) is 6.14. The van der Waals surface area contributed by atoms with Gasteiger partial charge in [0.15, 0.2) is 0 Å². The van der Waals surface area contributed by atoms with Crippen LogP contribution in [0.25, 0.3) is 0 Å². The van der Waals surface area contributed by atoms with E-state index < -0.39 is 34.0 Å². The van der Waals surface area contributed by atoms with Crippen molar-refractivity contribution < 1.29 is 47.8 Å². The summed E-state index contributed by atoms with van der Waals surface area (Å²) < 4.78 is 43.8. The maximum atomic E-state index is 13.0. The number of carboxylic acid groups (broad SMARTS) is 1. The Kier molecular flexibility index (Phi) is 17.3. The second-order valence-electron chi connectivity index (χ2n) is 13.7. The number of aromatic nitrogens is 3. The van der Waals surface area contributed by atoms with Crippen LogP contribution in [-0.4, -0.2) is 97.8 Å². The summed E-state index contributed by atoms with van der Waals surface area (Å²) >= 11 is 2.07. The monoisotopic (exact) mass is 956 g/mol. The number of nitrogens with one attached hydrogen (secondary N) is 2. The third kappa shape index (κ3) is 16.2. The standard InChI is InChI=1S/C37H48IN6O10P3/c1-55(48,49)33-17-27(10-7-11-36(45)46)16-32(43-33)24-44(15-13-40-23-31-20-29(38)21-35(42-31)57(3,52)53)14-12-39-22-30-18-28(19-34(41-30)56(2,50)51)37(47)54-25-26-8-5-4-6-9-26/h4-6,8-9,16-21,39-40H,7,10-15,22-25H2,1-3H3,(H,45,46)(H,48,49)(H,50,51)(H,52,53). The first kappa shape index (κ1) is 46.5. The average Bonchev–Trinajstić information content (AvgIpc) is 3.12. The van der Waals surface area contributed by atoms with Gasteiger partial charge in [0.25, 0.3) is 0 Å². The van der Waals surface area contributed by atoms with Crippen LogP contribution in [0.1, 0.15) is 51.4 Å². The molecule has 0 aliphatic rings. The molecule has 3 heterocycles. The molecule has 3 atom stereocenters.